The molecule has 11 heteroatoms. The van der Waals surface area contributed by atoms with Crippen LogP contribution in [0.3, 0.4) is 0 Å². The maximum absolute atomic E-state index is 14.6. The van der Waals surface area contributed by atoms with E-state index in [0.29, 0.717) is 28.8 Å². The van der Waals surface area contributed by atoms with E-state index in [4.69, 9.17) is 17.0 Å². The van der Waals surface area contributed by atoms with Gasteiger partial charge in [0.15, 0.2) is 5.01 Å². The predicted octanol–water partition coefficient (Wildman–Crippen LogP) is 2.56. The molecule has 1 aromatic carbocycles. The number of hydrogen-bond donors (Lipinski definition) is 2. The van der Waals surface area contributed by atoms with Crippen molar-refractivity contribution in [2.24, 2.45) is 0 Å². The largest absolute Gasteiger partial charge is 0.442 e. The van der Waals surface area contributed by atoms with Gasteiger partial charge in [-0.05, 0) is 25.1 Å². The van der Waals surface area contributed by atoms with E-state index in [0.717, 1.165) is 11.3 Å². The van der Waals surface area contributed by atoms with Gasteiger partial charge in [-0.25, -0.2) is 9.18 Å². The lowest BCUT2D eigenvalue weighted by Gasteiger charge is -2.14. The summed E-state index contributed by atoms with van der Waals surface area (Å²) < 4.78 is 19.8. The molecule has 1 fully saturated rings. The number of aromatic nitrogens is 2. The molecule has 0 radical (unpaired) electrons. The molecule has 1 aromatic heterocycles. The maximum atomic E-state index is 14.6. The molecule has 8 nitrogen and oxygen atoms in total. The number of hydrogen-bond acceptors (Lipinski definition) is 7. The second-order valence-electron chi connectivity index (χ2n) is 5.81. The van der Waals surface area contributed by atoms with Gasteiger partial charge >= 0.3 is 6.09 Å². The van der Waals surface area contributed by atoms with Gasteiger partial charge in [-0.3, -0.25) is 9.69 Å². The smallest absolute Gasteiger partial charge is 0.414 e. The van der Waals surface area contributed by atoms with Crippen LogP contribution < -0.4 is 15.5 Å². The van der Waals surface area contributed by atoms with Gasteiger partial charge in [-0.2, -0.15) is 0 Å². The number of nitrogens with one attached hydrogen (secondary N) is 2. The fraction of sp³-hybridized carbons (Fsp3) is 0.312. The highest BCUT2D eigenvalue weighted by molar-refractivity contribution is 7.80. The first-order valence-corrected chi connectivity index (χ1v) is 9.19. The molecule has 0 bridgehead atoms. The van der Waals surface area contributed by atoms with Crippen LogP contribution in [0.25, 0.3) is 10.6 Å². The van der Waals surface area contributed by atoms with Crippen molar-refractivity contribution >= 4 is 51.4 Å². The van der Waals surface area contributed by atoms with Crippen LogP contribution in [0.5, 0.6) is 0 Å². The number of rotatable bonds is 5. The Balaban J connectivity index is 1.75. The Kier molecular flexibility index (Phi) is 5.61. The van der Waals surface area contributed by atoms with Crippen LogP contribution in [0.15, 0.2) is 18.2 Å². The summed E-state index contributed by atoms with van der Waals surface area (Å²) in [6.07, 6.45) is -0.915. The van der Waals surface area contributed by atoms with E-state index in [2.05, 4.69) is 20.8 Å². The molecule has 1 saturated heterocycles. The Morgan fingerprint density at radius 1 is 1.44 bits per heavy atom. The molecule has 2 N–H and O–H groups in total. The van der Waals surface area contributed by atoms with Crippen molar-refractivity contribution < 1.29 is 18.7 Å². The predicted molar refractivity (Wildman–Crippen MR) is 103 cm³/mol. The summed E-state index contributed by atoms with van der Waals surface area (Å²) in [5.74, 6) is -0.837. The third-order valence-electron chi connectivity index (χ3n) is 3.66. The van der Waals surface area contributed by atoms with Crippen LogP contribution in [0.4, 0.5) is 20.0 Å². The van der Waals surface area contributed by atoms with Crippen LogP contribution in [-0.2, 0) is 9.53 Å². The molecule has 142 valence electrons. The molecule has 0 aliphatic carbocycles. The van der Waals surface area contributed by atoms with Crippen LogP contribution in [0, 0.1) is 5.82 Å². The molecular formula is C16H16FN5O3S2. The summed E-state index contributed by atoms with van der Waals surface area (Å²) in [5, 5.41) is 13.7. The summed E-state index contributed by atoms with van der Waals surface area (Å²) in [7, 11) is 0. The first-order valence-electron chi connectivity index (χ1n) is 7.97. The van der Waals surface area contributed by atoms with Gasteiger partial charge in [0.1, 0.15) is 11.9 Å². The SMILES string of the molecule is CC(=O)Nc1nnc(-c2ccc(N3C[C@H](CNC(C)=S)OC3=O)cc2F)s1. The number of nitrogens with zero attached hydrogens (tertiary/aromatic N) is 3. The van der Waals surface area contributed by atoms with Gasteiger partial charge in [0, 0.05) is 12.5 Å². The Morgan fingerprint density at radius 3 is 2.89 bits per heavy atom. The lowest BCUT2D eigenvalue weighted by atomic mass is 10.2. The van der Waals surface area contributed by atoms with E-state index in [1.807, 2.05) is 0 Å². The zero-order chi connectivity index (χ0) is 19.6. The molecule has 0 spiro atoms. The second-order valence-corrected chi connectivity index (χ2v) is 7.40. The standard InChI is InChI=1S/C16H16FN5O3S2/c1-8(23)19-15-21-20-14(27-15)12-4-3-10(5-13(12)17)22-7-11(25-16(22)24)6-18-9(2)26/h3-5,11H,6-7H2,1-2H3,(H,18,26)(H,19,21,23)/t11-/m0/s1. The van der Waals surface area contributed by atoms with Crippen LogP contribution in [0.2, 0.25) is 0 Å². The Morgan fingerprint density at radius 2 is 2.22 bits per heavy atom. The van der Waals surface area contributed by atoms with Gasteiger partial charge in [-0.15, -0.1) is 10.2 Å². The Labute approximate surface area is 163 Å². The number of halogens is 1. The normalized spacial score (nSPS) is 16.2. The average Bonchev–Trinajstić information content (AvgIpc) is 3.19. The number of carbonyl (C=O) groups is 2. The van der Waals surface area contributed by atoms with Gasteiger partial charge in [0.05, 0.1) is 23.8 Å². The minimum absolute atomic E-state index is 0.231. The number of ether oxygens (including phenoxy) is 1. The summed E-state index contributed by atoms with van der Waals surface area (Å²) >= 11 is 5.99. The summed E-state index contributed by atoms with van der Waals surface area (Å²) in [4.78, 5) is 25.1. The Bertz CT molecular complexity index is 904. The third-order valence-corrected chi connectivity index (χ3v) is 4.67. The average molecular weight is 409 g/mol. The number of thiocarbonyl (C=S) groups is 1. The molecule has 2 aromatic rings. The molecule has 0 unspecified atom stereocenters. The highest BCUT2D eigenvalue weighted by atomic mass is 32.1. The quantitative estimate of drug-likeness (QED) is 0.733. The summed E-state index contributed by atoms with van der Waals surface area (Å²) in [5.41, 5.74) is 0.615. The number of cyclic esters (lactones) is 1. The maximum Gasteiger partial charge on any atom is 0.414 e. The fourth-order valence-electron chi connectivity index (χ4n) is 2.47. The van der Waals surface area contributed by atoms with Crippen molar-refractivity contribution in [3.63, 3.8) is 0 Å². The number of carbonyl (C=O) groups excluding carboxylic acids is 2. The molecule has 3 rings (SSSR count). The highest BCUT2D eigenvalue weighted by Gasteiger charge is 2.32. The summed E-state index contributed by atoms with van der Waals surface area (Å²) in [6, 6.07) is 4.37. The van der Waals surface area contributed by atoms with E-state index >= 15 is 0 Å². The molecule has 0 saturated carbocycles. The molecule has 2 amide bonds. The molecule has 2 heterocycles. The van der Waals surface area contributed by atoms with Crippen molar-refractivity contribution in [3.8, 4) is 10.6 Å². The minimum atomic E-state index is -0.554. The van der Waals surface area contributed by atoms with Crippen molar-refractivity contribution in [2.75, 3.05) is 23.3 Å². The fourth-order valence-corrected chi connectivity index (χ4v) is 3.37. The number of benzene rings is 1. The van der Waals surface area contributed by atoms with Crippen molar-refractivity contribution in [2.45, 2.75) is 20.0 Å². The second kappa shape index (κ2) is 7.92. The van der Waals surface area contributed by atoms with Crippen LogP contribution in [-0.4, -0.2) is 46.4 Å². The van der Waals surface area contributed by atoms with E-state index < -0.39 is 11.9 Å². The zero-order valence-electron chi connectivity index (χ0n) is 14.5. The van der Waals surface area contributed by atoms with E-state index in [1.54, 1.807) is 13.0 Å². The van der Waals surface area contributed by atoms with Crippen molar-refractivity contribution in [1.29, 1.82) is 0 Å². The first-order chi connectivity index (χ1) is 12.8. The molecule has 1 atom stereocenters. The number of anilines is 2. The van der Waals surface area contributed by atoms with Gasteiger partial charge in [0.25, 0.3) is 0 Å². The highest BCUT2D eigenvalue weighted by Crippen LogP contribution is 2.32. The third kappa shape index (κ3) is 4.55. The van der Waals surface area contributed by atoms with Crippen molar-refractivity contribution in [1.82, 2.24) is 15.5 Å². The Hall–Kier alpha value is -2.66. The molecule has 27 heavy (non-hydrogen) atoms. The van der Waals surface area contributed by atoms with E-state index in [1.165, 1.54) is 24.0 Å². The molecule has 1 aliphatic heterocycles. The molecule has 1 aliphatic rings. The molecular weight excluding hydrogens is 393 g/mol. The first kappa shape index (κ1) is 19.1. The topological polar surface area (TPSA) is 96.5 Å². The zero-order valence-corrected chi connectivity index (χ0v) is 16.1. The van der Waals surface area contributed by atoms with E-state index in [-0.39, 0.29) is 22.7 Å². The summed E-state index contributed by atoms with van der Waals surface area (Å²) in [6.45, 7) is 3.78. The monoisotopic (exact) mass is 409 g/mol. The van der Waals surface area contributed by atoms with Crippen LogP contribution in [0.1, 0.15) is 13.8 Å². The van der Waals surface area contributed by atoms with Crippen LogP contribution >= 0.6 is 23.6 Å². The van der Waals surface area contributed by atoms with Gasteiger partial charge in [-0.1, -0.05) is 23.6 Å². The van der Waals surface area contributed by atoms with Crippen molar-refractivity contribution in [3.05, 3.63) is 24.0 Å². The van der Waals surface area contributed by atoms with E-state index in [9.17, 15) is 14.0 Å². The van der Waals surface area contributed by atoms with Gasteiger partial charge in [0.2, 0.25) is 11.0 Å². The van der Waals surface area contributed by atoms with Gasteiger partial charge < -0.3 is 15.4 Å². The number of amides is 2. The lowest BCUT2D eigenvalue weighted by Crippen LogP contribution is -2.32. The lowest BCUT2D eigenvalue weighted by molar-refractivity contribution is -0.114. The minimum Gasteiger partial charge on any atom is -0.442 e.